The van der Waals surface area contributed by atoms with Crippen LogP contribution in [0.3, 0.4) is 0 Å². The number of benzene rings is 5. The van der Waals surface area contributed by atoms with E-state index in [9.17, 15) is 29.3 Å². The Morgan fingerprint density at radius 1 is 0.709 bits per heavy atom. The molecule has 13 heteroatoms. The van der Waals surface area contributed by atoms with E-state index in [-0.39, 0.29) is 41.4 Å². The van der Waals surface area contributed by atoms with Crippen molar-refractivity contribution in [2.75, 3.05) is 11.9 Å². The number of nitrogens with one attached hydrogen (secondary N) is 1. The van der Waals surface area contributed by atoms with Gasteiger partial charge in [-0.1, -0.05) is 92.6 Å². The summed E-state index contributed by atoms with van der Waals surface area (Å²) in [4.78, 5) is 54.1. The molecule has 13 nitrogen and oxygen atoms in total. The van der Waals surface area contributed by atoms with Gasteiger partial charge in [-0.15, -0.1) is 0 Å². The lowest BCUT2D eigenvalue weighted by Crippen LogP contribution is -2.14. The van der Waals surface area contributed by atoms with Crippen molar-refractivity contribution in [3.05, 3.63) is 166 Å². The lowest BCUT2D eigenvalue weighted by Gasteiger charge is -2.14. The van der Waals surface area contributed by atoms with Crippen LogP contribution >= 0.6 is 0 Å². The van der Waals surface area contributed by atoms with E-state index >= 15 is 0 Å². The Morgan fingerprint density at radius 2 is 1.27 bits per heavy atom. The average molecular weight is 751 g/mol. The Morgan fingerprint density at radius 3 is 1.82 bits per heavy atom. The van der Waals surface area contributed by atoms with E-state index in [4.69, 9.17) is 24.8 Å². The highest BCUT2D eigenvalue weighted by Gasteiger charge is 2.15. The van der Waals surface area contributed by atoms with E-state index in [1.807, 2.05) is 60.7 Å². The normalized spacial score (nSPS) is 10.6. The molecule has 4 N–H and O–H groups in total. The van der Waals surface area contributed by atoms with Crippen LogP contribution in [0, 0.1) is 10.1 Å². The topological polar surface area (TPSA) is 203 Å². The third-order valence-corrected chi connectivity index (χ3v) is 7.78. The molecule has 0 aliphatic carbocycles. The van der Waals surface area contributed by atoms with Crippen LogP contribution in [0.4, 0.5) is 11.4 Å². The predicted molar refractivity (Wildman–Crippen MR) is 206 cm³/mol. The minimum Gasteiger partial charge on any atom is -0.489 e. The number of anilines is 1. The van der Waals surface area contributed by atoms with Gasteiger partial charge in [-0.3, -0.25) is 19.7 Å². The number of nitrogens with zero attached hydrogens (tertiary/aromatic N) is 1. The van der Waals surface area contributed by atoms with E-state index in [1.165, 1.54) is 36.4 Å². The van der Waals surface area contributed by atoms with Crippen molar-refractivity contribution >= 4 is 35.2 Å². The molecule has 0 spiro atoms. The molecule has 5 rings (SSSR count). The summed E-state index contributed by atoms with van der Waals surface area (Å²) in [6.07, 6.45) is 3.41. The van der Waals surface area contributed by atoms with Crippen molar-refractivity contribution in [3.8, 4) is 11.5 Å². The number of unbranched alkanes of at least 4 members (excludes halogenated alkanes) is 1. The molecule has 0 heterocycles. The highest BCUT2D eigenvalue weighted by atomic mass is 16.6. The molecular formula is C42H42N2O11. The minimum absolute atomic E-state index is 0.0345. The number of nitro groups is 1. The van der Waals surface area contributed by atoms with Crippen molar-refractivity contribution in [2.24, 2.45) is 0 Å². The van der Waals surface area contributed by atoms with Gasteiger partial charge in [0.2, 0.25) is 0 Å². The molecule has 0 aliphatic heterocycles. The highest BCUT2D eigenvalue weighted by Crippen LogP contribution is 2.25. The molecule has 1 amide bonds. The number of carbonyl (C=O) groups excluding carboxylic acids is 1. The van der Waals surface area contributed by atoms with Crippen molar-refractivity contribution in [1.29, 1.82) is 0 Å². The average Bonchev–Trinajstić information content (AvgIpc) is 3.19. The van der Waals surface area contributed by atoms with Gasteiger partial charge in [0.1, 0.15) is 18.1 Å². The fraction of sp³-hybridized carbons (Fsp3) is 0.190. The number of ether oxygens (including phenoxy) is 2. The van der Waals surface area contributed by atoms with Crippen molar-refractivity contribution < 1.29 is 48.9 Å². The molecule has 0 fully saturated rings. The zero-order chi connectivity index (χ0) is 40.0. The second kappa shape index (κ2) is 22.8. The number of carboxylic acid groups (broad SMARTS) is 3. The molecule has 286 valence electrons. The van der Waals surface area contributed by atoms with Gasteiger partial charge in [0.05, 0.1) is 22.6 Å². The standard InChI is InChI=1S/C15H14O4.C14H10N2O5.C13H18O2/c16-15(17)11-19-14-8-6-13(7-9-14)18-10-12-4-2-1-3-5-12;17-13(9-5-7-10(8-6-9)16(20)21)15-12-4-2-1-3-11(12)14(18)19;1-2-3-7-12(10-13(14)15)11-8-5-4-6-9-11/h1-9H,10-11H2,(H,16,17);1-8H,(H,15,17)(H,18,19);4-6,8-9,12H,2-3,7,10H2,1H3,(H,14,15). The summed E-state index contributed by atoms with van der Waals surface area (Å²) in [5, 5.41) is 39.4. The molecule has 0 bridgehead atoms. The van der Waals surface area contributed by atoms with Gasteiger partial charge in [0.15, 0.2) is 6.61 Å². The number of amides is 1. The quantitative estimate of drug-likeness (QED) is 0.0555. The van der Waals surface area contributed by atoms with Crippen LogP contribution in [-0.4, -0.2) is 50.7 Å². The number of rotatable bonds is 16. The van der Waals surface area contributed by atoms with Crippen molar-refractivity contribution in [1.82, 2.24) is 0 Å². The maximum absolute atomic E-state index is 12.0. The Bertz CT molecular complexity index is 1970. The van der Waals surface area contributed by atoms with Gasteiger partial charge >= 0.3 is 17.9 Å². The van der Waals surface area contributed by atoms with Gasteiger partial charge in [0, 0.05) is 17.7 Å². The number of para-hydroxylation sites is 1. The molecular weight excluding hydrogens is 708 g/mol. The molecule has 5 aromatic carbocycles. The van der Waals surface area contributed by atoms with Gasteiger partial charge in [-0.2, -0.15) is 0 Å². The Labute approximate surface area is 318 Å². The lowest BCUT2D eigenvalue weighted by atomic mass is 9.91. The summed E-state index contributed by atoms with van der Waals surface area (Å²) in [6, 6.07) is 37.6. The number of hydrogen-bond donors (Lipinski definition) is 4. The summed E-state index contributed by atoms with van der Waals surface area (Å²) < 4.78 is 10.6. The first-order valence-electron chi connectivity index (χ1n) is 17.2. The van der Waals surface area contributed by atoms with Crippen LogP contribution in [0.2, 0.25) is 0 Å². The van der Waals surface area contributed by atoms with E-state index in [0.29, 0.717) is 18.1 Å². The molecule has 0 saturated carbocycles. The third kappa shape index (κ3) is 15.6. The van der Waals surface area contributed by atoms with Crippen molar-refractivity contribution in [3.63, 3.8) is 0 Å². The summed E-state index contributed by atoms with van der Waals surface area (Å²) >= 11 is 0. The molecule has 0 saturated heterocycles. The fourth-order valence-corrected chi connectivity index (χ4v) is 5.00. The molecule has 1 unspecified atom stereocenters. The Kier molecular flexibility index (Phi) is 17.6. The van der Waals surface area contributed by atoms with E-state index in [1.54, 1.807) is 36.4 Å². The number of nitro benzene ring substituents is 1. The second-order valence-electron chi connectivity index (χ2n) is 11.9. The van der Waals surface area contributed by atoms with Crippen molar-refractivity contribution in [2.45, 2.75) is 45.1 Å². The van der Waals surface area contributed by atoms with E-state index in [0.717, 1.165) is 30.4 Å². The second-order valence-corrected chi connectivity index (χ2v) is 11.9. The monoisotopic (exact) mass is 750 g/mol. The Balaban J connectivity index is 0.000000225. The first-order chi connectivity index (χ1) is 26.5. The minimum atomic E-state index is -1.16. The summed E-state index contributed by atoms with van der Waals surface area (Å²) in [5.41, 5.74) is 2.43. The summed E-state index contributed by atoms with van der Waals surface area (Å²) in [5.74, 6) is -2.01. The van der Waals surface area contributed by atoms with Gasteiger partial charge in [0.25, 0.3) is 11.6 Å². The number of aromatic carboxylic acids is 1. The van der Waals surface area contributed by atoms with Crippen LogP contribution < -0.4 is 14.8 Å². The number of carbonyl (C=O) groups is 4. The summed E-state index contributed by atoms with van der Waals surface area (Å²) in [6.45, 7) is 2.28. The van der Waals surface area contributed by atoms with E-state index < -0.39 is 28.7 Å². The van der Waals surface area contributed by atoms with Crippen LogP contribution in [0.1, 0.15) is 70.4 Å². The predicted octanol–water partition coefficient (Wildman–Crippen LogP) is 8.71. The fourth-order valence-electron chi connectivity index (χ4n) is 5.00. The van der Waals surface area contributed by atoms with E-state index in [2.05, 4.69) is 12.2 Å². The maximum atomic E-state index is 12.0. The lowest BCUT2D eigenvalue weighted by molar-refractivity contribution is -0.384. The van der Waals surface area contributed by atoms with Gasteiger partial charge < -0.3 is 30.1 Å². The largest absolute Gasteiger partial charge is 0.489 e. The van der Waals surface area contributed by atoms with Crippen LogP contribution in [0.25, 0.3) is 0 Å². The number of aliphatic carboxylic acids is 2. The zero-order valence-corrected chi connectivity index (χ0v) is 30.1. The van der Waals surface area contributed by atoms with Crippen LogP contribution in [-0.2, 0) is 16.2 Å². The molecule has 0 aliphatic rings. The number of carboxylic acids is 3. The molecule has 55 heavy (non-hydrogen) atoms. The smallest absolute Gasteiger partial charge is 0.341 e. The first-order valence-corrected chi connectivity index (χ1v) is 17.2. The number of non-ortho nitro benzene ring substituents is 1. The molecule has 5 aromatic rings. The molecule has 0 aromatic heterocycles. The van der Waals surface area contributed by atoms with Gasteiger partial charge in [-0.05, 0) is 72.0 Å². The SMILES string of the molecule is CCCCC(CC(=O)O)c1ccccc1.O=C(Nc1ccccc1C(=O)O)c1ccc([N+](=O)[O-])cc1.O=C(O)COc1ccc(OCc2ccccc2)cc1. The Hall–Kier alpha value is -7.02. The zero-order valence-electron chi connectivity index (χ0n) is 30.1. The van der Waals surface area contributed by atoms with Crippen LogP contribution in [0.15, 0.2) is 133 Å². The van der Waals surface area contributed by atoms with Gasteiger partial charge in [-0.25, -0.2) is 9.59 Å². The van der Waals surface area contributed by atoms with Crippen LogP contribution in [0.5, 0.6) is 11.5 Å². The number of hydrogen-bond acceptors (Lipinski definition) is 8. The first kappa shape index (κ1) is 42.4. The molecule has 0 radical (unpaired) electrons. The highest BCUT2D eigenvalue weighted by molar-refractivity contribution is 6.07. The maximum Gasteiger partial charge on any atom is 0.341 e. The summed E-state index contributed by atoms with van der Waals surface area (Å²) in [7, 11) is 0. The third-order valence-electron chi connectivity index (χ3n) is 7.78. The molecule has 1 atom stereocenters.